The summed E-state index contributed by atoms with van der Waals surface area (Å²) in [5.74, 6) is -0.178. The fraction of sp³-hybridized carbons (Fsp3) is 0.929. The minimum absolute atomic E-state index is 0.178. The maximum atomic E-state index is 11.9. The van der Waals surface area contributed by atoms with E-state index in [2.05, 4.69) is 10.2 Å². The maximum Gasteiger partial charge on any atom is 0.325 e. The molecule has 1 N–H and O–H groups in total. The monoisotopic (exact) mass is 272 g/mol. The molecule has 0 bridgehead atoms. The number of hydrogen-bond donors (Lipinski definition) is 1. The molecule has 0 aromatic rings. The van der Waals surface area contributed by atoms with Crippen LogP contribution in [0, 0.1) is 0 Å². The molecular weight excluding hydrogens is 244 g/mol. The third-order valence-corrected chi connectivity index (χ3v) is 3.50. The van der Waals surface area contributed by atoms with Crippen LogP contribution in [0.25, 0.3) is 0 Å². The first-order chi connectivity index (χ1) is 8.98. The molecule has 1 heterocycles. The lowest BCUT2D eigenvalue weighted by atomic mass is 9.94. The van der Waals surface area contributed by atoms with Gasteiger partial charge in [-0.15, -0.1) is 0 Å². The maximum absolute atomic E-state index is 11.9. The van der Waals surface area contributed by atoms with Gasteiger partial charge in [-0.05, 0) is 40.2 Å². The molecule has 1 aliphatic heterocycles. The van der Waals surface area contributed by atoms with Crippen molar-refractivity contribution in [3.63, 3.8) is 0 Å². The van der Waals surface area contributed by atoms with E-state index in [-0.39, 0.29) is 12.0 Å². The highest BCUT2D eigenvalue weighted by Gasteiger charge is 2.34. The summed E-state index contributed by atoms with van der Waals surface area (Å²) in [7, 11) is 1.45. The largest absolute Gasteiger partial charge is 0.468 e. The quantitative estimate of drug-likeness (QED) is 0.702. The van der Waals surface area contributed by atoms with Gasteiger partial charge < -0.3 is 9.47 Å². The Hall–Kier alpha value is -0.650. The van der Waals surface area contributed by atoms with Crippen LogP contribution in [-0.2, 0) is 14.3 Å². The number of nitrogens with zero attached hydrogens (tertiary/aromatic N) is 1. The fourth-order valence-electron chi connectivity index (χ4n) is 2.58. The normalized spacial score (nSPS) is 20.3. The molecule has 112 valence electrons. The van der Waals surface area contributed by atoms with Gasteiger partial charge in [0.1, 0.15) is 5.54 Å². The minimum atomic E-state index is -0.588. The van der Waals surface area contributed by atoms with Crippen LogP contribution >= 0.6 is 0 Å². The summed E-state index contributed by atoms with van der Waals surface area (Å²) < 4.78 is 10.3. The van der Waals surface area contributed by atoms with Crippen LogP contribution in [0.15, 0.2) is 0 Å². The van der Waals surface area contributed by atoms with Crippen molar-refractivity contribution < 1.29 is 14.3 Å². The molecule has 0 aromatic carbocycles. The van der Waals surface area contributed by atoms with Gasteiger partial charge in [-0.3, -0.25) is 15.0 Å². The Labute approximate surface area is 116 Å². The number of hydrogen-bond acceptors (Lipinski definition) is 5. The molecule has 0 spiro atoms. The number of nitrogens with one attached hydrogen (secondary N) is 1. The molecule has 1 fully saturated rings. The highest BCUT2D eigenvalue weighted by Crippen LogP contribution is 2.16. The molecule has 1 atom stereocenters. The van der Waals surface area contributed by atoms with Gasteiger partial charge in [0.15, 0.2) is 0 Å². The average molecular weight is 272 g/mol. The van der Waals surface area contributed by atoms with E-state index in [1.54, 1.807) is 0 Å². The van der Waals surface area contributed by atoms with Gasteiger partial charge in [0, 0.05) is 19.1 Å². The van der Waals surface area contributed by atoms with Crippen molar-refractivity contribution in [2.24, 2.45) is 0 Å². The van der Waals surface area contributed by atoms with Gasteiger partial charge in [-0.2, -0.15) is 0 Å². The van der Waals surface area contributed by atoms with Crippen molar-refractivity contribution in [2.45, 2.75) is 45.2 Å². The number of carbonyl (C=O) groups is 1. The van der Waals surface area contributed by atoms with Crippen LogP contribution < -0.4 is 5.32 Å². The van der Waals surface area contributed by atoms with E-state index in [1.165, 1.54) is 7.11 Å². The molecule has 1 unspecified atom stereocenters. The van der Waals surface area contributed by atoms with E-state index in [4.69, 9.17) is 9.47 Å². The summed E-state index contributed by atoms with van der Waals surface area (Å²) in [6.07, 6.45) is 1.76. The van der Waals surface area contributed by atoms with Crippen LogP contribution in [0.5, 0.6) is 0 Å². The average Bonchev–Trinajstić information content (AvgIpc) is 2.38. The summed E-state index contributed by atoms with van der Waals surface area (Å²) in [5, 5.41) is 3.33. The second-order valence-corrected chi connectivity index (χ2v) is 5.68. The number of carbonyl (C=O) groups excluding carboxylic acids is 1. The van der Waals surface area contributed by atoms with Crippen molar-refractivity contribution in [1.29, 1.82) is 0 Å². The number of esters is 1. The lowest BCUT2D eigenvalue weighted by Crippen LogP contribution is -2.53. The molecular formula is C14H28N2O3. The van der Waals surface area contributed by atoms with Crippen molar-refractivity contribution in [3.05, 3.63) is 0 Å². The molecule has 5 nitrogen and oxygen atoms in total. The van der Waals surface area contributed by atoms with E-state index < -0.39 is 5.54 Å². The Morgan fingerprint density at radius 3 is 2.58 bits per heavy atom. The first-order valence-electron chi connectivity index (χ1n) is 7.14. The van der Waals surface area contributed by atoms with Gasteiger partial charge in [0.25, 0.3) is 0 Å². The molecule has 0 aromatic heterocycles. The standard InChI is InChI=1S/C14H28N2O3/c1-12(2)15-14(3,13(17)18-4)6-5-7-16-8-10-19-11-9-16/h12,15H,5-11H2,1-4H3. The fourth-order valence-corrected chi connectivity index (χ4v) is 2.58. The Balaban J connectivity index is 2.41. The zero-order chi connectivity index (χ0) is 14.3. The van der Waals surface area contributed by atoms with Gasteiger partial charge in [0.05, 0.1) is 20.3 Å². The number of ether oxygens (including phenoxy) is 2. The first kappa shape index (κ1) is 16.4. The lowest BCUT2D eigenvalue weighted by molar-refractivity contribution is -0.148. The van der Waals surface area contributed by atoms with Crippen LogP contribution in [0.1, 0.15) is 33.6 Å². The molecule has 0 aliphatic carbocycles. The second-order valence-electron chi connectivity index (χ2n) is 5.68. The zero-order valence-electron chi connectivity index (χ0n) is 12.7. The molecule has 5 heteroatoms. The third-order valence-electron chi connectivity index (χ3n) is 3.50. The smallest absolute Gasteiger partial charge is 0.325 e. The summed E-state index contributed by atoms with van der Waals surface area (Å²) >= 11 is 0. The number of morpholine rings is 1. The molecule has 19 heavy (non-hydrogen) atoms. The second kappa shape index (κ2) is 7.82. The van der Waals surface area contributed by atoms with Crippen molar-refractivity contribution in [3.8, 4) is 0 Å². The van der Waals surface area contributed by atoms with Crippen molar-refractivity contribution in [1.82, 2.24) is 10.2 Å². The van der Waals surface area contributed by atoms with Gasteiger partial charge in [-0.25, -0.2) is 0 Å². The summed E-state index contributed by atoms with van der Waals surface area (Å²) in [6, 6.07) is 0.257. The predicted molar refractivity (Wildman–Crippen MR) is 75.2 cm³/mol. The Morgan fingerprint density at radius 2 is 2.05 bits per heavy atom. The van der Waals surface area contributed by atoms with Crippen LogP contribution in [0.2, 0.25) is 0 Å². The summed E-state index contributed by atoms with van der Waals surface area (Å²) in [5.41, 5.74) is -0.588. The number of methoxy groups -OCH3 is 1. The highest BCUT2D eigenvalue weighted by atomic mass is 16.5. The van der Waals surface area contributed by atoms with E-state index in [0.717, 1.165) is 45.7 Å². The predicted octanol–water partition coefficient (Wildman–Crippen LogP) is 1.03. The SMILES string of the molecule is COC(=O)C(C)(CCCN1CCOCC1)NC(C)C. The van der Waals surface area contributed by atoms with Gasteiger partial charge >= 0.3 is 5.97 Å². The zero-order valence-corrected chi connectivity index (χ0v) is 12.7. The molecule has 0 saturated carbocycles. The van der Waals surface area contributed by atoms with Crippen molar-refractivity contribution in [2.75, 3.05) is 40.0 Å². The molecule has 0 amide bonds. The van der Waals surface area contributed by atoms with E-state index >= 15 is 0 Å². The van der Waals surface area contributed by atoms with Crippen molar-refractivity contribution >= 4 is 5.97 Å². The van der Waals surface area contributed by atoms with E-state index in [0.29, 0.717) is 0 Å². The topological polar surface area (TPSA) is 50.8 Å². The Bertz CT molecular complexity index is 278. The van der Waals surface area contributed by atoms with E-state index in [9.17, 15) is 4.79 Å². The van der Waals surface area contributed by atoms with Gasteiger partial charge in [0.2, 0.25) is 0 Å². The molecule has 1 rings (SSSR count). The molecule has 1 aliphatic rings. The lowest BCUT2D eigenvalue weighted by Gasteiger charge is -2.32. The summed E-state index contributed by atoms with van der Waals surface area (Å²) in [4.78, 5) is 14.3. The minimum Gasteiger partial charge on any atom is -0.468 e. The van der Waals surface area contributed by atoms with E-state index in [1.807, 2.05) is 20.8 Å². The summed E-state index contributed by atoms with van der Waals surface area (Å²) in [6.45, 7) is 10.6. The molecule has 0 radical (unpaired) electrons. The van der Waals surface area contributed by atoms with Gasteiger partial charge in [-0.1, -0.05) is 0 Å². The Morgan fingerprint density at radius 1 is 1.42 bits per heavy atom. The third kappa shape index (κ3) is 5.47. The van der Waals surface area contributed by atoms with Crippen LogP contribution in [0.3, 0.4) is 0 Å². The molecule has 1 saturated heterocycles. The number of rotatable bonds is 7. The van der Waals surface area contributed by atoms with Crippen LogP contribution in [0.4, 0.5) is 0 Å². The Kier molecular flexibility index (Phi) is 6.75. The first-order valence-corrected chi connectivity index (χ1v) is 7.14. The highest BCUT2D eigenvalue weighted by molar-refractivity contribution is 5.80. The van der Waals surface area contributed by atoms with Crippen LogP contribution in [-0.4, -0.2) is 62.4 Å².